The third-order valence-electron chi connectivity index (χ3n) is 1.68. The number of aliphatic imine (C=N–C) groups is 1. The molecular formula is C10H15NO. The van der Waals surface area contributed by atoms with Gasteiger partial charge >= 0.3 is 0 Å². The zero-order chi connectivity index (χ0) is 8.97. The molecule has 0 aliphatic heterocycles. The molecule has 1 rings (SSSR count). The second kappa shape index (κ2) is 4.10. The molecule has 0 heterocycles. The number of rotatable bonds is 4. The lowest BCUT2D eigenvalue weighted by Crippen LogP contribution is -1.93. The van der Waals surface area contributed by atoms with Gasteiger partial charge in [0.15, 0.2) is 0 Å². The Hall–Kier alpha value is -1.05. The fraction of sp³-hybridized carbons (Fsp3) is 0.500. The van der Waals surface area contributed by atoms with E-state index in [-0.39, 0.29) is 0 Å². The van der Waals surface area contributed by atoms with E-state index in [9.17, 15) is 0 Å². The van der Waals surface area contributed by atoms with Gasteiger partial charge in [0.2, 0.25) is 0 Å². The second-order valence-electron chi connectivity index (χ2n) is 2.86. The van der Waals surface area contributed by atoms with E-state index in [1.54, 1.807) is 12.3 Å². The van der Waals surface area contributed by atoms with Gasteiger partial charge in [-0.25, -0.2) is 0 Å². The highest BCUT2D eigenvalue weighted by atomic mass is 16.5. The Balaban J connectivity index is 2.61. The Morgan fingerprint density at radius 1 is 1.58 bits per heavy atom. The summed E-state index contributed by atoms with van der Waals surface area (Å²) in [4.78, 5) is 4.13. The minimum atomic E-state index is 0.417. The zero-order valence-corrected chi connectivity index (χ0v) is 7.71. The van der Waals surface area contributed by atoms with E-state index in [1.807, 2.05) is 13.8 Å². The van der Waals surface area contributed by atoms with E-state index in [1.165, 1.54) is 12.8 Å². The summed E-state index contributed by atoms with van der Waals surface area (Å²) in [6.07, 6.45) is 6.23. The second-order valence-corrected chi connectivity index (χ2v) is 2.86. The lowest BCUT2D eigenvalue weighted by atomic mass is 10.4. The van der Waals surface area contributed by atoms with Crippen LogP contribution in [0.3, 0.4) is 0 Å². The molecule has 0 aromatic heterocycles. The van der Waals surface area contributed by atoms with Crippen molar-refractivity contribution in [2.45, 2.75) is 32.8 Å². The van der Waals surface area contributed by atoms with Crippen LogP contribution in [0, 0.1) is 0 Å². The highest BCUT2D eigenvalue weighted by molar-refractivity contribution is 5.55. The first-order valence-corrected chi connectivity index (χ1v) is 4.26. The first-order valence-electron chi connectivity index (χ1n) is 4.26. The number of ether oxygens (including phenoxy) is 1. The lowest BCUT2D eigenvalue weighted by Gasteiger charge is -2.05. The third-order valence-corrected chi connectivity index (χ3v) is 1.68. The van der Waals surface area contributed by atoms with Crippen LogP contribution in [-0.2, 0) is 4.74 Å². The molecule has 0 bridgehead atoms. The van der Waals surface area contributed by atoms with Gasteiger partial charge in [0, 0.05) is 6.21 Å². The molecule has 0 radical (unpaired) electrons. The molecule has 0 aromatic rings. The van der Waals surface area contributed by atoms with E-state index in [0.717, 1.165) is 11.5 Å². The van der Waals surface area contributed by atoms with Crippen molar-refractivity contribution in [1.29, 1.82) is 0 Å². The van der Waals surface area contributed by atoms with E-state index < -0.39 is 0 Å². The van der Waals surface area contributed by atoms with Gasteiger partial charge in [-0.15, -0.1) is 0 Å². The first-order chi connectivity index (χ1) is 5.77. The van der Waals surface area contributed by atoms with E-state index in [0.29, 0.717) is 6.10 Å². The van der Waals surface area contributed by atoms with Crippen LogP contribution >= 0.6 is 0 Å². The lowest BCUT2D eigenvalue weighted by molar-refractivity contribution is 0.205. The van der Waals surface area contributed by atoms with Crippen molar-refractivity contribution in [3.63, 3.8) is 0 Å². The summed E-state index contributed by atoms with van der Waals surface area (Å²) in [6.45, 7) is 7.51. The Kier molecular flexibility index (Phi) is 3.09. The third kappa shape index (κ3) is 2.53. The predicted octanol–water partition coefficient (Wildman–Crippen LogP) is 2.67. The summed E-state index contributed by atoms with van der Waals surface area (Å²) < 4.78 is 5.57. The van der Waals surface area contributed by atoms with E-state index >= 15 is 0 Å². The van der Waals surface area contributed by atoms with Gasteiger partial charge in [-0.1, -0.05) is 6.58 Å². The summed E-state index contributed by atoms with van der Waals surface area (Å²) in [5.41, 5.74) is 0.902. The Labute approximate surface area is 73.6 Å². The molecular weight excluding hydrogens is 150 g/mol. The van der Waals surface area contributed by atoms with Gasteiger partial charge in [-0.3, -0.25) is 4.99 Å². The molecule has 1 aliphatic rings. The SMILES string of the molecule is C=C/C(OC1CC1)=C(\C)N=CC. The molecule has 0 saturated heterocycles. The van der Waals surface area contributed by atoms with E-state index in [2.05, 4.69) is 11.6 Å². The van der Waals surface area contributed by atoms with Crippen molar-refractivity contribution < 1.29 is 4.74 Å². The highest BCUT2D eigenvalue weighted by Gasteiger charge is 2.24. The molecule has 0 amide bonds. The number of nitrogens with zero attached hydrogens (tertiary/aromatic N) is 1. The van der Waals surface area contributed by atoms with Crippen LogP contribution in [-0.4, -0.2) is 12.3 Å². The predicted molar refractivity (Wildman–Crippen MR) is 51.2 cm³/mol. The number of hydrogen-bond acceptors (Lipinski definition) is 2. The average Bonchev–Trinajstić information content (AvgIpc) is 2.84. The Bertz CT molecular complexity index is 224. The van der Waals surface area contributed by atoms with Gasteiger partial charge in [0.1, 0.15) is 5.76 Å². The minimum Gasteiger partial charge on any atom is -0.489 e. The summed E-state index contributed by atoms with van der Waals surface area (Å²) >= 11 is 0. The van der Waals surface area contributed by atoms with Crippen LogP contribution in [0.1, 0.15) is 26.7 Å². The quantitative estimate of drug-likeness (QED) is 0.356. The molecule has 2 heteroatoms. The van der Waals surface area contributed by atoms with Crippen molar-refractivity contribution in [2.24, 2.45) is 4.99 Å². The highest BCUT2D eigenvalue weighted by Crippen LogP contribution is 2.27. The Morgan fingerprint density at radius 2 is 2.25 bits per heavy atom. The van der Waals surface area contributed by atoms with Crippen molar-refractivity contribution in [2.75, 3.05) is 0 Å². The van der Waals surface area contributed by atoms with Gasteiger partial charge in [0.05, 0.1) is 11.8 Å². The Morgan fingerprint density at radius 3 is 2.67 bits per heavy atom. The molecule has 1 aliphatic carbocycles. The van der Waals surface area contributed by atoms with Crippen molar-refractivity contribution in [3.8, 4) is 0 Å². The molecule has 1 saturated carbocycles. The van der Waals surface area contributed by atoms with E-state index in [4.69, 9.17) is 4.74 Å². The standard InChI is InChI=1S/C10H15NO/c1-4-10(8(3)11-5-2)12-9-6-7-9/h4-5,9H,1,6-7H2,2-3H3/b10-8-,11-5?. The van der Waals surface area contributed by atoms with Crippen molar-refractivity contribution in [3.05, 3.63) is 24.1 Å². The monoisotopic (exact) mass is 165 g/mol. The van der Waals surface area contributed by atoms with Gasteiger partial charge in [0.25, 0.3) is 0 Å². The van der Waals surface area contributed by atoms with Crippen LogP contribution < -0.4 is 0 Å². The van der Waals surface area contributed by atoms with Crippen LogP contribution in [0.25, 0.3) is 0 Å². The zero-order valence-electron chi connectivity index (χ0n) is 7.71. The molecule has 66 valence electrons. The van der Waals surface area contributed by atoms with Gasteiger partial charge in [-0.2, -0.15) is 0 Å². The molecule has 0 aromatic carbocycles. The first kappa shape index (κ1) is 9.04. The normalized spacial score (nSPS) is 19.2. The molecule has 12 heavy (non-hydrogen) atoms. The van der Waals surface area contributed by atoms with Crippen LogP contribution in [0.4, 0.5) is 0 Å². The fourth-order valence-electron chi connectivity index (χ4n) is 0.904. The smallest absolute Gasteiger partial charge is 0.140 e. The molecule has 0 N–H and O–H groups in total. The maximum absolute atomic E-state index is 5.57. The topological polar surface area (TPSA) is 21.6 Å². The van der Waals surface area contributed by atoms with Crippen LogP contribution in [0.2, 0.25) is 0 Å². The fourth-order valence-corrected chi connectivity index (χ4v) is 0.904. The maximum Gasteiger partial charge on any atom is 0.140 e. The number of hydrogen-bond donors (Lipinski definition) is 0. The van der Waals surface area contributed by atoms with Gasteiger partial charge in [-0.05, 0) is 32.8 Å². The largest absolute Gasteiger partial charge is 0.489 e. The maximum atomic E-state index is 5.57. The van der Waals surface area contributed by atoms with Crippen LogP contribution in [0.15, 0.2) is 29.1 Å². The molecule has 1 fully saturated rings. The van der Waals surface area contributed by atoms with Crippen LogP contribution in [0.5, 0.6) is 0 Å². The van der Waals surface area contributed by atoms with Crippen molar-refractivity contribution >= 4 is 6.21 Å². The molecule has 0 atom stereocenters. The molecule has 2 nitrogen and oxygen atoms in total. The molecule has 0 spiro atoms. The average molecular weight is 165 g/mol. The number of allylic oxidation sites excluding steroid dienone is 2. The summed E-state index contributed by atoms with van der Waals surface area (Å²) in [5, 5.41) is 0. The van der Waals surface area contributed by atoms with Crippen molar-refractivity contribution in [1.82, 2.24) is 0 Å². The summed E-state index contributed by atoms with van der Waals surface area (Å²) in [7, 11) is 0. The minimum absolute atomic E-state index is 0.417. The summed E-state index contributed by atoms with van der Waals surface area (Å²) in [6, 6.07) is 0. The molecule has 0 unspecified atom stereocenters. The van der Waals surface area contributed by atoms with Gasteiger partial charge < -0.3 is 4.74 Å². The summed E-state index contributed by atoms with van der Waals surface area (Å²) in [5.74, 6) is 0.815.